The van der Waals surface area contributed by atoms with Gasteiger partial charge >= 0.3 is 0 Å². The average molecular weight is 355 g/mol. The summed E-state index contributed by atoms with van der Waals surface area (Å²) >= 11 is 0. The van der Waals surface area contributed by atoms with E-state index in [-0.39, 0.29) is 6.10 Å². The second-order valence-electron chi connectivity index (χ2n) is 7.21. The number of morpholine rings is 1. The maximum atomic E-state index is 10.4. The Morgan fingerprint density at radius 1 is 1.08 bits per heavy atom. The van der Waals surface area contributed by atoms with Crippen molar-refractivity contribution < 1.29 is 14.6 Å². The summed E-state index contributed by atoms with van der Waals surface area (Å²) in [7, 11) is 0. The van der Waals surface area contributed by atoms with Gasteiger partial charge in [-0.05, 0) is 29.2 Å². The fraction of sp³-hybridized carbons (Fsp3) is 0.455. The van der Waals surface area contributed by atoms with Crippen LogP contribution in [0.15, 0.2) is 54.6 Å². The van der Waals surface area contributed by atoms with Gasteiger partial charge in [-0.15, -0.1) is 0 Å². The highest BCUT2D eigenvalue weighted by atomic mass is 16.5. The third kappa shape index (κ3) is 5.31. The summed E-state index contributed by atoms with van der Waals surface area (Å²) < 4.78 is 11.7. The van der Waals surface area contributed by atoms with Crippen LogP contribution in [0.25, 0.3) is 0 Å². The van der Waals surface area contributed by atoms with Crippen LogP contribution >= 0.6 is 0 Å². The molecule has 4 heteroatoms. The molecular formula is C22H29NO3. The Balaban J connectivity index is 1.47. The summed E-state index contributed by atoms with van der Waals surface area (Å²) in [6, 6.07) is 18.1. The van der Waals surface area contributed by atoms with Crippen LogP contribution in [-0.2, 0) is 4.74 Å². The van der Waals surface area contributed by atoms with Crippen molar-refractivity contribution in [3.63, 3.8) is 0 Å². The van der Waals surface area contributed by atoms with Gasteiger partial charge in [0.15, 0.2) is 0 Å². The second-order valence-corrected chi connectivity index (χ2v) is 7.21. The zero-order valence-electron chi connectivity index (χ0n) is 15.7. The molecule has 0 spiro atoms. The van der Waals surface area contributed by atoms with Gasteiger partial charge in [-0.3, -0.25) is 4.90 Å². The van der Waals surface area contributed by atoms with Crippen molar-refractivity contribution in [2.75, 3.05) is 32.8 Å². The summed E-state index contributed by atoms with van der Waals surface area (Å²) in [5, 5.41) is 10.4. The van der Waals surface area contributed by atoms with E-state index in [0.29, 0.717) is 25.7 Å². The van der Waals surface area contributed by atoms with Crippen LogP contribution in [0.5, 0.6) is 5.75 Å². The highest BCUT2D eigenvalue weighted by Crippen LogP contribution is 2.20. The molecule has 0 bridgehead atoms. The molecule has 1 fully saturated rings. The SMILES string of the molecule is CC(C)c1ccc(OCC2CN(CC(O)c3ccccc3)CCO2)cc1. The Kier molecular flexibility index (Phi) is 6.67. The Morgan fingerprint density at radius 2 is 1.81 bits per heavy atom. The number of hydrogen-bond donors (Lipinski definition) is 1. The Bertz CT molecular complexity index is 657. The number of aliphatic hydroxyl groups is 1. The predicted octanol–water partition coefficient (Wildman–Crippen LogP) is 3.62. The number of hydrogen-bond acceptors (Lipinski definition) is 4. The van der Waals surface area contributed by atoms with Gasteiger partial charge in [0.05, 0.1) is 12.7 Å². The van der Waals surface area contributed by atoms with E-state index in [1.54, 1.807) is 0 Å². The molecular weight excluding hydrogens is 326 g/mol. The molecule has 4 nitrogen and oxygen atoms in total. The summed E-state index contributed by atoms with van der Waals surface area (Å²) in [5.41, 5.74) is 2.27. The highest BCUT2D eigenvalue weighted by molar-refractivity contribution is 5.28. The highest BCUT2D eigenvalue weighted by Gasteiger charge is 2.23. The number of rotatable bonds is 7. The first kappa shape index (κ1) is 18.9. The summed E-state index contributed by atoms with van der Waals surface area (Å²) in [4.78, 5) is 2.25. The molecule has 26 heavy (non-hydrogen) atoms. The van der Waals surface area contributed by atoms with Crippen molar-refractivity contribution in [1.82, 2.24) is 4.90 Å². The molecule has 0 amide bonds. The molecule has 2 unspecified atom stereocenters. The lowest BCUT2D eigenvalue weighted by Gasteiger charge is -2.34. The van der Waals surface area contributed by atoms with Crippen LogP contribution in [0.2, 0.25) is 0 Å². The minimum atomic E-state index is -0.473. The summed E-state index contributed by atoms with van der Waals surface area (Å²) in [6.45, 7) is 7.79. The van der Waals surface area contributed by atoms with Crippen molar-refractivity contribution >= 4 is 0 Å². The average Bonchev–Trinajstić information content (AvgIpc) is 2.67. The largest absolute Gasteiger partial charge is 0.491 e. The van der Waals surface area contributed by atoms with E-state index < -0.39 is 6.10 Å². The number of ether oxygens (including phenoxy) is 2. The fourth-order valence-corrected chi connectivity index (χ4v) is 3.21. The molecule has 1 aliphatic heterocycles. The van der Waals surface area contributed by atoms with Crippen molar-refractivity contribution in [3.05, 3.63) is 65.7 Å². The minimum Gasteiger partial charge on any atom is -0.491 e. The van der Waals surface area contributed by atoms with Crippen molar-refractivity contribution in [1.29, 1.82) is 0 Å². The molecule has 0 aromatic heterocycles. The molecule has 3 rings (SSSR count). The maximum Gasteiger partial charge on any atom is 0.119 e. The third-order valence-corrected chi connectivity index (χ3v) is 4.82. The van der Waals surface area contributed by atoms with Crippen LogP contribution in [0.1, 0.15) is 37.0 Å². The first-order chi connectivity index (χ1) is 12.6. The Labute approximate surface area is 156 Å². The molecule has 2 aromatic carbocycles. The summed E-state index contributed by atoms with van der Waals surface area (Å²) in [5.74, 6) is 1.40. The Hall–Kier alpha value is -1.88. The molecule has 2 atom stereocenters. The standard InChI is InChI=1S/C22H29NO3/c1-17(2)18-8-10-20(11-9-18)26-16-21-14-23(12-13-25-21)15-22(24)19-6-4-3-5-7-19/h3-11,17,21-22,24H,12-16H2,1-2H3. The van der Waals surface area contributed by atoms with E-state index in [2.05, 4.69) is 30.9 Å². The molecule has 0 saturated carbocycles. The topological polar surface area (TPSA) is 41.9 Å². The van der Waals surface area contributed by atoms with E-state index in [1.807, 2.05) is 42.5 Å². The van der Waals surface area contributed by atoms with E-state index in [4.69, 9.17) is 9.47 Å². The maximum absolute atomic E-state index is 10.4. The molecule has 140 valence electrons. The van der Waals surface area contributed by atoms with Gasteiger partial charge in [-0.2, -0.15) is 0 Å². The molecule has 1 saturated heterocycles. The number of benzene rings is 2. The van der Waals surface area contributed by atoms with Crippen LogP contribution in [0.3, 0.4) is 0 Å². The van der Waals surface area contributed by atoms with Gasteiger partial charge in [-0.1, -0.05) is 56.3 Å². The van der Waals surface area contributed by atoms with E-state index in [0.717, 1.165) is 24.4 Å². The zero-order valence-corrected chi connectivity index (χ0v) is 15.7. The van der Waals surface area contributed by atoms with E-state index in [9.17, 15) is 5.11 Å². The van der Waals surface area contributed by atoms with Crippen molar-refractivity contribution in [2.24, 2.45) is 0 Å². The lowest BCUT2D eigenvalue weighted by molar-refractivity contribution is -0.0576. The number of β-amino-alcohol motifs (C(OH)–C–C–N with tert-alkyl or cyclic N) is 1. The van der Waals surface area contributed by atoms with Gasteiger partial charge in [0.1, 0.15) is 18.5 Å². The smallest absolute Gasteiger partial charge is 0.119 e. The Morgan fingerprint density at radius 3 is 2.50 bits per heavy atom. The molecule has 0 radical (unpaired) electrons. The van der Waals surface area contributed by atoms with Gasteiger partial charge in [0, 0.05) is 19.6 Å². The molecule has 2 aromatic rings. The third-order valence-electron chi connectivity index (χ3n) is 4.82. The van der Waals surface area contributed by atoms with Crippen LogP contribution in [0, 0.1) is 0 Å². The number of aliphatic hydroxyl groups excluding tert-OH is 1. The first-order valence-electron chi connectivity index (χ1n) is 9.41. The zero-order chi connectivity index (χ0) is 18.4. The van der Waals surface area contributed by atoms with Gasteiger partial charge in [0.25, 0.3) is 0 Å². The lowest BCUT2D eigenvalue weighted by atomic mass is 10.0. The molecule has 1 N–H and O–H groups in total. The van der Waals surface area contributed by atoms with Crippen molar-refractivity contribution in [3.8, 4) is 5.75 Å². The fourth-order valence-electron chi connectivity index (χ4n) is 3.21. The van der Waals surface area contributed by atoms with E-state index in [1.165, 1.54) is 5.56 Å². The monoisotopic (exact) mass is 355 g/mol. The number of nitrogens with zero attached hydrogens (tertiary/aromatic N) is 1. The second kappa shape index (κ2) is 9.17. The minimum absolute atomic E-state index is 0.0245. The van der Waals surface area contributed by atoms with E-state index >= 15 is 0 Å². The van der Waals surface area contributed by atoms with Gasteiger partial charge < -0.3 is 14.6 Å². The van der Waals surface area contributed by atoms with Crippen LogP contribution in [-0.4, -0.2) is 49.0 Å². The lowest BCUT2D eigenvalue weighted by Crippen LogP contribution is -2.46. The normalized spacial score (nSPS) is 19.5. The summed E-state index contributed by atoms with van der Waals surface area (Å²) in [6.07, 6.45) is -0.448. The van der Waals surface area contributed by atoms with Gasteiger partial charge in [0.2, 0.25) is 0 Å². The molecule has 1 heterocycles. The van der Waals surface area contributed by atoms with Crippen LogP contribution in [0.4, 0.5) is 0 Å². The van der Waals surface area contributed by atoms with Crippen molar-refractivity contribution in [2.45, 2.75) is 32.0 Å². The van der Waals surface area contributed by atoms with Gasteiger partial charge in [-0.25, -0.2) is 0 Å². The first-order valence-corrected chi connectivity index (χ1v) is 9.41. The molecule has 0 aliphatic carbocycles. The molecule has 1 aliphatic rings. The van der Waals surface area contributed by atoms with Crippen LogP contribution < -0.4 is 4.74 Å². The predicted molar refractivity (Wildman–Crippen MR) is 104 cm³/mol. The quantitative estimate of drug-likeness (QED) is 0.824.